The Morgan fingerprint density at radius 1 is 1.57 bits per heavy atom. The van der Waals surface area contributed by atoms with E-state index in [0.29, 0.717) is 0 Å². The molecule has 3 nitrogen and oxygen atoms in total. The minimum Gasteiger partial charge on any atom is -0.497 e. The molecule has 2 rings (SSSR count). The summed E-state index contributed by atoms with van der Waals surface area (Å²) in [5.41, 5.74) is 9.21. The highest BCUT2D eigenvalue weighted by Crippen LogP contribution is 2.35. The number of aliphatic hydroxyl groups excluding tert-OH is 1. The first-order valence-electron chi connectivity index (χ1n) is 4.82. The standard InChI is InChI=1S/C11H15NO2/c1-14-9-4-7-2-3-10(12)11(7)8(5-9)6-13/h4-5,10,13H,2-3,6,12H2,1H3. The maximum absolute atomic E-state index is 9.23. The molecule has 76 valence electrons. The molecule has 0 saturated carbocycles. The average Bonchev–Trinajstić information content (AvgIpc) is 2.59. The van der Waals surface area contributed by atoms with Crippen molar-refractivity contribution < 1.29 is 9.84 Å². The van der Waals surface area contributed by atoms with E-state index in [1.54, 1.807) is 7.11 Å². The van der Waals surface area contributed by atoms with Crippen LogP contribution in [0, 0.1) is 0 Å². The average molecular weight is 193 g/mol. The van der Waals surface area contributed by atoms with Crippen molar-refractivity contribution >= 4 is 0 Å². The SMILES string of the molecule is COc1cc(CO)c2c(c1)CCC2N. The van der Waals surface area contributed by atoms with Gasteiger partial charge < -0.3 is 15.6 Å². The molecule has 0 radical (unpaired) electrons. The Morgan fingerprint density at radius 3 is 3.00 bits per heavy atom. The lowest BCUT2D eigenvalue weighted by Crippen LogP contribution is -2.08. The smallest absolute Gasteiger partial charge is 0.119 e. The highest BCUT2D eigenvalue weighted by Gasteiger charge is 2.22. The molecule has 0 amide bonds. The second-order valence-electron chi connectivity index (χ2n) is 3.66. The highest BCUT2D eigenvalue weighted by atomic mass is 16.5. The summed E-state index contributed by atoms with van der Waals surface area (Å²) in [5.74, 6) is 0.807. The lowest BCUT2D eigenvalue weighted by Gasteiger charge is -2.12. The fourth-order valence-electron chi connectivity index (χ4n) is 2.13. The third kappa shape index (κ3) is 1.38. The fourth-order valence-corrected chi connectivity index (χ4v) is 2.13. The van der Waals surface area contributed by atoms with E-state index in [9.17, 15) is 5.11 Å². The van der Waals surface area contributed by atoms with E-state index < -0.39 is 0 Å². The lowest BCUT2D eigenvalue weighted by atomic mass is 10.0. The minimum atomic E-state index is 0.0350. The van der Waals surface area contributed by atoms with Crippen molar-refractivity contribution in [3.8, 4) is 5.75 Å². The second-order valence-corrected chi connectivity index (χ2v) is 3.66. The number of nitrogens with two attached hydrogens (primary N) is 1. The van der Waals surface area contributed by atoms with Crippen LogP contribution in [0.5, 0.6) is 5.75 Å². The molecule has 1 aromatic rings. The van der Waals surface area contributed by atoms with Crippen LogP contribution in [0.2, 0.25) is 0 Å². The summed E-state index contributed by atoms with van der Waals surface area (Å²) in [6.45, 7) is 0.0350. The van der Waals surface area contributed by atoms with Crippen molar-refractivity contribution in [3.63, 3.8) is 0 Å². The maximum atomic E-state index is 9.23. The number of hydrogen-bond donors (Lipinski definition) is 2. The van der Waals surface area contributed by atoms with Gasteiger partial charge in [-0.15, -0.1) is 0 Å². The van der Waals surface area contributed by atoms with E-state index in [1.165, 1.54) is 5.56 Å². The van der Waals surface area contributed by atoms with Gasteiger partial charge in [0.1, 0.15) is 5.75 Å². The summed E-state index contributed by atoms with van der Waals surface area (Å²) < 4.78 is 5.17. The van der Waals surface area contributed by atoms with Crippen LogP contribution in [0.15, 0.2) is 12.1 Å². The number of benzene rings is 1. The van der Waals surface area contributed by atoms with Crippen LogP contribution in [0.1, 0.15) is 29.2 Å². The molecule has 0 bridgehead atoms. The maximum Gasteiger partial charge on any atom is 0.119 e. The van der Waals surface area contributed by atoms with Gasteiger partial charge in [0, 0.05) is 6.04 Å². The van der Waals surface area contributed by atoms with Crippen LogP contribution >= 0.6 is 0 Å². The van der Waals surface area contributed by atoms with E-state index in [2.05, 4.69) is 0 Å². The van der Waals surface area contributed by atoms with Crippen LogP contribution in [-0.4, -0.2) is 12.2 Å². The Kier molecular flexibility index (Phi) is 2.44. The summed E-state index contributed by atoms with van der Waals surface area (Å²) in [7, 11) is 1.64. The van der Waals surface area contributed by atoms with E-state index >= 15 is 0 Å². The lowest BCUT2D eigenvalue weighted by molar-refractivity contribution is 0.279. The van der Waals surface area contributed by atoms with Crippen LogP contribution in [-0.2, 0) is 13.0 Å². The van der Waals surface area contributed by atoms with Crippen molar-refractivity contribution in [1.29, 1.82) is 0 Å². The summed E-state index contributed by atoms with van der Waals surface area (Å²) in [4.78, 5) is 0. The first kappa shape index (κ1) is 9.49. The molecule has 0 heterocycles. The number of fused-ring (bicyclic) bond motifs is 1. The molecule has 0 fully saturated rings. The first-order chi connectivity index (χ1) is 6.76. The van der Waals surface area contributed by atoms with Crippen LogP contribution in [0.4, 0.5) is 0 Å². The van der Waals surface area contributed by atoms with E-state index in [4.69, 9.17) is 10.5 Å². The summed E-state index contributed by atoms with van der Waals surface area (Å²) >= 11 is 0. The molecule has 14 heavy (non-hydrogen) atoms. The quantitative estimate of drug-likeness (QED) is 0.740. The molecule has 3 heteroatoms. The number of aryl methyl sites for hydroxylation is 1. The summed E-state index contributed by atoms with van der Waals surface area (Å²) in [5, 5.41) is 9.23. The van der Waals surface area contributed by atoms with Gasteiger partial charge in [0.2, 0.25) is 0 Å². The van der Waals surface area contributed by atoms with Gasteiger partial charge in [0.15, 0.2) is 0 Å². The van der Waals surface area contributed by atoms with Crippen molar-refractivity contribution in [2.45, 2.75) is 25.5 Å². The summed E-state index contributed by atoms with van der Waals surface area (Å²) in [6.07, 6.45) is 1.95. The highest BCUT2D eigenvalue weighted by molar-refractivity contribution is 5.46. The first-order valence-corrected chi connectivity index (χ1v) is 4.82. The number of ether oxygens (including phenoxy) is 1. The van der Waals surface area contributed by atoms with Crippen molar-refractivity contribution in [3.05, 3.63) is 28.8 Å². The summed E-state index contributed by atoms with van der Waals surface area (Å²) in [6, 6.07) is 3.96. The van der Waals surface area contributed by atoms with Gasteiger partial charge in [0.25, 0.3) is 0 Å². The van der Waals surface area contributed by atoms with E-state index in [0.717, 1.165) is 29.7 Å². The zero-order valence-corrected chi connectivity index (χ0v) is 8.29. The third-order valence-electron chi connectivity index (χ3n) is 2.83. The molecule has 0 spiro atoms. The van der Waals surface area contributed by atoms with E-state index in [-0.39, 0.29) is 12.6 Å². The fraction of sp³-hybridized carbons (Fsp3) is 0.455. The topological polar surface area (TPSA) is 55.5 Å². The van der Waals surface area contributed by atoms with Crippen LogP contribution in [0.3, 0.4) is 0 Å². The number of methoxy groups -OCH3 is 1. The molecule has 3 N–H and O–H groups in total. The van der Waals surface area contributed by atoms with Crippen molar-refractivity contribution in [2.24, 2.45) is 5.73 Å². The molecule has 1 aliphatic rings. The molecule has 1 aliphatic carbocycles. The van der Waals surface area contributed by atoms with E-state index in [1.807, 2.05) is 12.1 Å². The normalized spacial score (nSPS) is 19.5. The predicted molar refractivity (Wildman–Crippen MR) is 54.2 cm³/mol. The Balaban J connectivity index is 2.52. The molecule has 0 aliphatic heterocycles. The molecular weight excluding hydrogens is 178 g/mol. The van der Waals surface area contributed by atoms with Gasteiger partial charge in [-0.2, -0.15) is 0 Å². The molecular formula is C11H15NO2. The molecule has 1 unspecified atom stereocenters. The van der Waals surface area contributed by atoms with Gasteiger partial charge in [-0.05, 0) is 41.7 Å². The Hall–Kier alpha value is -1.06. The Labute approximate surface area is 83.5 Å². The zero-order valence-electron chi connectivity index (χ0n) is 8.29. The van der Waals surface area contributed by atoms with Crippen LogP contribution < -0.4 is 10.5 Å². The Morgan fingerprint density at radius 2 is 2.36 bits per heavy atom. The van der Waals surface area contributed by atoms with Gasteiger partial charge in [-0.25, -0.2) is 0 Å². The van der Waals surface area contributed by atoms with Gasteiger partial charge in [-0.3, -0.25) is 0 Å². The van der Waals surface area contributed by atoms with Crippen LogP contribution in [0.25, 0.3) is 0 Å². The predicted octanol–water partition coefficient (Wildman–Crippen LogP) is 1.13. The molecule has 0 aromatic heterocycles. The Bertz CT molecular complexity index is 349. The number of hydrogen-bond acceptors (Lipinski definition) is 3. The zero-order chi connectivity index (χ0) is 10.1. The third-order valence-corrected chi connectivity index (χ3v) is 2.83. The van der Waals surface area contributed by atoms with Gasteiger partial charge in [0.05, 0.1) is 13.7 Å². The van der Waals surface area contributed by atoms with Crippen molar-refractivity contribution in [2.75, 3.05) is 7.11 Å². The minimum absolute atomic E-state index is 0.0350. The van der Waals surface area contributed by atoms with Gasteiger partial charge >= 0.3 is 0 Å². The second kappa shape index (κ2) is 3.59. The number of rotatable bonds is 2. The van der Waals surface area contributed by atoms with Gasteiger partial charge in [-0.1, -0.05) is 0 Å². The monoisotopic (exact) mass is 193 g/mol. The van der Waals surface area contributed by atoms with Crippen molar-refractivity contribution in [1.82, 2.24) is 0 Å². The molecule has 1 atom stereocenters. The molecule has 1 aromatic carbocycles. The molecule has 0 saturated heterocycles. The largest absolute Gasteiger partial charge is 0.497 e. The number of aliphatic hydroxyl groups is 1.